The first-order chi connectivity index (χ1) is 20.4. The average Bonchev–Trinajstić information content (AvgIpc) is 3.52. The molecule has 1 amide bonds. The van der Waals surface area contributed by atoms with Crippen LogP contribution in [0, 0.1) is 0 Å². The molecule has 2 unspecified atom stereocenters. The van der Waals surface area contributed by atoms with Crippen molar-refractivity contribution in [1.82, 2.24) is 24.6 Å². The van der Waals surface area contributed by atoms with E-state index < -0.39 is 0 Å². The van der Waals surface area contributed by atoms with E-state index in [1.54, 1.807) is 10.6 Å². The van der Waals surface area contributed by atoms with Crippen LogP contribution < -0.4 is 22.3 Å². The Bertz CT molecular complexity index is 1690. The highest BCUT2D eigenvalue weighted by atomic mass is 16.2. The fourth-order valence-corrected chi connectivity index (χ4v) is 5.98. The summed E-state index contributed by atoms with van der Waals surface area (Å²) in [5.41, 5.74) is 15.0. The van der Waals surface area contributed by atoms with Crippen molar-refractivity contribution in [2.45, 2.75) is 50.7 Å². The molecule has 4 heterocycles. The van der Waals surface area contributed by atoms with E-state index in [1.165, 1.54) is 0 Å². The van der Waals surface area contributed by atoms with Crippen LogP contribution in [0.1, 0.15) is 48.0 Å². The van der Waals surface area contributed by atoms with Gasteiger partial charge in [-0.15, -0.1) is 0 Å². The number of carbonyl (C=O) groups excluding carboxylic acids is 2. The lowest BCUT2D eigenvalue weighted by Gasteiger charge is -2.34. The van der Waals surface area contributed by atoms with Crippen LogP contribution >= 0.6 is 0 Å². The molecular formula is C31H34N8O3. The van der Waals surface area contributed by atoms with Crippen molar-refractivity contribution in [3.63, 3.8) is 0 Å². The standard InChI is InChI=1S/C31H34N8O3/c32-30(33)35-13-1-12-34-16-19-2-4-20(5-3-19)26-17-38-18-27(36-31(38)37-28(26)41)21-6-8-22(9-7-21)29(42)39-23-10-11-24(39)15-25(40)14-23/h2-9,17-18,23-24,34H,1,10-16H2,(H4,32,33,35)(H,36,37,41). The van der Waals surface area contributed by atoms with E-state index in [-0.39, 0.29) is 35.3 Å². The molecule has 2 aromatic heterocycles. The Kier molecular flexibility index (Phi) is 7.58. The number of Topliss-reactive ketones (excluding diaryl/α,β-unsaturated/α-hetero) is 1. The van der Waals surface area contributed by atoms with Crippen LogP contribution in [0.4, 0.5) is 0 Å². The molecular weight excluding hydrogens is 532 g/mol. The first-order valence-electron chi connectivity index (χ1n) is 14.3. The number of amides is 1. The molecule has 2 saturated heterocycles. The van der Waals surface area contributed by atoms with Crippen molar-refractivity contribution >= 4 is 23.4 Å². The molecule has 2 fully saturated rings. The second kappa shape index (κ2) is 11.6. The number of hydrogen-bond donors (Lipinski definition) is 4. The van der Waals surface area contributed by atoms with Gasteiger partial charge in [0.25, 0.3) is 11.5 Å². The van der Waals surface area contributed by atoms with Gasteiger partial charge in [-0.25, -0.2) is 4.98 Å². The maximum Gasteiger partial charge on any atom is 0.260 e. The van der Waals surface area contributed by atoms with Crippen LogP contribution in [0.3, 0.4) is 0 Å². The zero-order valence-electron chi connectivity index (χ0n) is 23.3. The van der Waals surface area contributed by atoms with Crippen molar-refractivity contribution in [2.24, 2.45) is 16.5 Å². The molecule has 2 aromatic carbocycles. The van der Waals surface area contributed by atoms with Gasteiger partial charge >= 0.3 is 0 Å². The summed E-state index contributed by atoms with van der Waals surface area (Å²) in [6.45, 7) is 2.08. The van der Waals surface area contributed by atoms with E-state index in [0.717, 1.165) is 42.5 Å². The zero-order valence-corrected chi connectivity index (χ0v) is 23.3. The molecule has 4 aromatic rings. The number of carbonyl (C=O) groups is 2. The minimum absolute atomic E-state index is 0.0184. The molecule has 0 radical (unpaired) electrons. The van der Waals surface area contributed by atoms with Crippen LogP contribution in [0.15, 0.2) is 70.7 Å². The number of fused-ring (bicyclic) bond motifs is 3. The highest BCUT2D eigenvalue weighted by molar-refractivity contribution is 5.97. The van der Waals surface area contributed by atoms with Gasteiger partial charge in [0, 0.05) is 61.5 Å². The topological polar surface area (TPSA) is 164 Å². The van der Waals surface area contributed by atoms with Gasteiger partial charge in [0.05, 0.1) is 11.3 Å². The fourth-order valence-electron chi connectivity index (χ4n) is 5.98. The van der Waals surface area contributed by atoms with Crippen molar-refractivity contribution in [2.75, 3.05) is 13.1 Å². The molecule has 11 heteroatoms. The molecule has 6 N–H and O–H groups in total. The van der Waals surface area contributed by atoms with Crippen molar-refractivity contribution in [3.05, 3.63) is 82.4 Å². The van der Waals surface area contributed by atoms with E-state index in [9.17, 15) is 14.4 Å². The minimum Gasteiger partial charge on any atom is -0.370 e. The lowest BCUT2D eigenvalue weighted by atomic mass is 9.99. The van der Waals surface area contributed by atoms with Gasteiger partial charge in [-0.3, -0.25) is 28.8 Å². The van der Waals surface area contributed by atoms with Crippen molar-refractivity contribution in [3.8, 4) is 22.4 Å². The van der Waals surface area contributed by atoms with Crippen molar-refractivity contribution in [1.29, 1.82) is 0 Å². The second-order valence-corrected chi connectivity index (χ2v) is 11.0. The molecule has 6 rings (SSSR count). The third-order valence-corrected chi connectivity index (χ3v) is 8.08. The number of aromatic nitrogens is 3. The number of imidazole rings is 1. The SMILES string of the molecule is NC(N)=NCCCNCc1ccc(-c2cn3cc(-c4ccc(C(=O)N5C6CCC5CC(=O)C6)cc4)nc3[nH]c2=O)cc1. The smallest absolute Gasteiger partial charge is 0.260 e. The molecule has 2 aliphatic rings. The Labute approximate surface area is 242 Å². The highest BCUT2D eigenvalue weighted by Crippen LogP contribution is 2.35. The predicted octanol–water partition coefficient (Wildman–Crippen LogP) is 2.45. The number of aromatic amines is 1. The molecule has 2 atom stereocenters. The number of nitrogens with zero attached hydrogens (tertiary/aromatic N) is 4. The summed E-state index contributed by atoms with van der Waals surface area (Å²) in [6, 6.07) is 15.3. The number of hydrogen-bond acceptors (Lipinski definition) is 6. The summed E-state index contributed by atoms with van der Waals surface area (Å²) in [4.78, 5) is 51.5. The summed E-state index contributed by atoms with van der Waals surface area (Å²) < 4.78 is 1.81. The summed E-state index contributed by atoms with van der Waals surface area (Å²) in [5.74, 6) is 0.783. The number of aliphatic imine (C=N–C) groups is 1. The van der Waals surface area contributed by atoms with Gasteiger partial charge < -0.3 is 21.7 Å². The van der Waals surface area contributed by atoms with E-state index in [0.29, 0.717) is 48.5 Å². The van der Waals surface area contributed by atoms with E-state index in [4.69, 9.17) is 11.5 Å². The predicted molar refractivity (Wildman–Crippen MR) is 161 cm³/mol. The Hall–Kier alpha value is -4.77. The van der Waals surface area contributed by atoms with E-state index in [2.05, 4.69) is 20.3 Å². The fraction of sp³-hybridized carbons (Fsp3) is 0.323. The number of guanidine groups is 1. The molecule has 216 valence electrons. The zero-order chi connectivity index (χ0) is 29.2. The van der Waals surface area contributed by atoms with Gasteiger partial charge in [0.1, 0.15) is 5.78 Å². The van der Waals surface area contributed by atoms with Gasteiger partial charge in [-0.05, 0) is 49.1 Å². The summed E-state index contributed by atoms with van der Waals surface area (Å²) >= 11 is 0. The van der Waals surface area contributed by atoms with E-state index >= 15 is 0 Å². The average molecular weight is 567 g/mol. The molecule has 42 heavy (non-hydrogen) atoms. The summed E-state index contributed by atoms with van der Waals surface area (Å²) in [5, 5.41) is 3.36. The lowest BCUT2D eigenvalue weighted by Crippen LogP contribution is -2.46. The number of nitrogens with two attached hydrogens (primary N) is 2. The van der Waals surface area contributed by atoms with Gasteiger partial charge in [0.2, 0.25) is 5.78 Å². The number of nitrogens with one attached hydrogen (secondary N) is 2. The maximum atomic E-state index is 13.2. The number of rotatable bonds is 9. The lowest BCUT2D eigenvalue weighted by molar-refractivity contribution is -0.122. The van der Waals surface area contributed by atoms with Crippen LogP contribution in [-0.4, -0.2) is 62.1 Å². The largest absolute Gasteiger partial charge is 0.370 e. The van der Waals surface area contributed by atoms with Gasteiger partial charge in [-0.2, -0.15) is 0 Å². The van der Waals surface area contributed by atoms with Crippen LogP contribution in [0.25, 0.3) is 28.2 Å². The van der Waals surface area contributed by atoms with Crippen LogP contribution in [-0.2, 0) is 11.3 Å². The molecule has 0 spiro atoms. The number of H-pyrrole nitrogens is 1. The van der Waals surface area contributed by atoms with Gasteiger partial charge in [0.15, 0.2) is 5.96 Å². The minimum atomic E-state index is -0.221. The van der Waals surface area contributed by atoms with Gasteiger partial charge in [-0.1, -0.05) is 36.4 Å². The van der Waals surface area contributed by atoms with Crippen LogP contribution in [0.5, 0.6) is 0 Å². The number of ketones is 1. The molecule has 2 bridgehead atoms. The van der Waals surface area contributed by atoms with Crippen LogP contribution in [0.2, 0.25) is 0 Å². The van der Waals surface area contributed by atoms with E-state index in [1.807, 2.05) is 59.6 Å². The highest BCUT2D eigenvalue weighted by Gasteiger charge is 2.42. The monoisotopic (exact) mass is 566 g/mol. The number of piperidine rings is 1. The summed E-state index contributed by atoms with van der Waals surface area (Å²) in [7, 11) is 0. The Balaban J connectivity index is 1.13. The molecule has 0 saturated carbocycles. The third kappa shape index (κ3) is 5.68. The molecule has 2 aliphatic heterocycles. The Morgan fingerprint density at radius 3 is 2.36 bits per heavy atom. The maximum absolute atomic E-state index is 13.2. The quantitative estimate of drug-likeness (QED) is 0.137. The Morgan fingerprint density at radius 2 is 1.67 bits per heavy atom. The molecule has 11 nitrogen and oxygen atoms in total. The summed E-state index contributed by atoms with van der Waals surface area (Å²) in [6.07, 6.45) is 7.20. The first kappa shape index (κ1) is 27.4. The van der Waals surface area contributed by atoms with Crippen molar-refractivity contribution < 1.29 is 9.59 Å². The third-order valence-electron chi connectivity index (χ3n) is 8.08. The normalized spacial score (nSPS) is 18.0. The first-order valence-corrected chi connectivity index (χ1v) is 14.3. The molecule has 0 aliphatic carbocycles. The second-order valence-electron chi connectivity index (χ2n) is 11.0. The Morgan fingerprint density at radius 1 is 0.976 bits per heavy atom. The number of benzene rings is 2.